The van der Waals surface area contributed by atoms with E-state index in [1.165, 1.54) is 18.2 Å². The average Bonchev–Trinajstić information content (AvgIpc) is 2.89. The highest BCUT2D eigenvalue weighted by Gasteiger charge is 2.20. The largest absolute Gasteiger partial charge is 0.339 e. The Hall–Kier alpha value is -5.08. The summed E-state index contributed by atoms with van der Waals surface area (Å²) >= 11 is 4.33. The summed E-state index contributed by atoms with van der Waals surface area (Å²) in [5, 5.41) is 44.0. The Morgan fingerprint density at radius 2 is 1.65 bits per heavy atom. The predicted octanol–water partition coefficient (Wildman–Crippen LogP) is 6.72. The molecule has 1 aliphatic carbocycles. The Morgan fingerprint density at radius 3 is 2.22 bits per heavy atom. The third-order valence-electron chi connectivity index (χ3n) is 5.30. The van der Waals surface area contributed by atoms with Crippen LogP contribution in [0.1, 0.15) is 11.1 Å². The topological polar surface area (TPSA) is 152 Å². The minimum atomic E-state index is -0.561. The molecular weight excluding hydrogens is 488 g/mol. The molecule has 0 radical (unpaired) electrons. The Kier molecular flexibility index (Phi) is 7.51. The first-order valence-electron chi connectivity index (χ1n) is 10.9. The quantitative estimate of drug-likeness (QED) is 0.120. The van der Waals surface area contributed by atoms with Crippen molar-refractivity contribution in [3.63, 3.8) is 0 Å². The van der Waals surface area contributed by atoms with Gasteiger partial charge in [-0.2, -0.15) is 5.26 Å². The second-order valence-electron chi connectivity index (χ2n) is 7.76. The number of hydrogen-bond donors (Lipinski definition) is 4. The fraction of sp³-hybridized carbons (Fsp3) is 0.0385. The number of allylic oxidation sites excluding steroid dienone is 4. The van der Waals surface area contributed by atoms with Crippen molar-refractivity contribution in [1.82, 2.24) is 4.98 Å². The Bertz CT molecular complexity index is 1540. The molecular formula is C26H20N8O2S. The van der Waals surface area contributed by atoms with Gasteiger partial charge in [0, 0.05) is 34.7 Å². The number of thiol groups is 1. The van der Waals surface area contributed by atoms with Crippen molar-refractivity contribution >= 4 is 47.0 Å². The number of pyridine rings is 1. The van der Waals surface area contributed by atoms with Crippen LogP contribution in [0.5, 0.6) is 0 Å². The molecule has 0 amide bonds. The molecule has 0 fully saturated rings. The van der Waals surface area contributed by atoms with E-state index in [4.69, 9.17) is 5.41 Å². The molecule has 0 saturated carbocycles. The van der Waals surface area contributed by atoms with Gasteiger partial charge in [-0.1, -0.05) is 36.4 Å². The molecule has 0 unspecified atom stereocenters. The first-order chi connectivity index (χ1) is 17.9. The van der Waals surface area contributed by atoms with E-state index in [9.17, 15) is 15.4 Å². The molecule has 3 aromatic rings. The number of aromatic nitrogens is 1. The molecule has 0 bridgehead atoms. The van der Waals surface area contributed by atoms with E-state index in [0.29, 0.717) is 17.2 Å². The van der Waals surface area contributed by atoms with Crippen LogP contribution in [0.25, 0.3) is 0 Å². The first-order valence-corrected chi connectivity index (χ1v) is 11.4. The number of para-hydroxylation sites is 2. The van der Waals surface area contributed by atoms with Gasteiger partial charge in [0.05, 0.1) is 16.2 Å². The van der Waals surface area contributed by atoms with Crippen LogP contribution in [0.2, 0.25) is 0 Å². The molecule has 0 atom stereocenters. The van der Waals surface area contributed by atoms with E-state index >= 15 is 0 Å². The molecule has 37 heavy (non-hydrogen) atoms. The summed E-state index contributed by atoms with van der Waals surface area (Å²) in [6, 6.07) is 20.8. The monoisotopic (exact) mass is 508 g/mol. The van der Waals surface area contributed by atoms with Gasteiger partial charge >= 0.3 is 0 Å². The van der Waals surface area contributed by atoms with E-state index in [0.717, 1.165) is 11.4 Å². The summed E-state index contributed by atoms with van der Waals surface area (Å²) in [6.07, 6.45) is 3.75. The number of azo groups is 1. The standard InChI is InChI=1S/C26H20N8O2S/c1-16-21(15-27)24(29-17-8-4-2-5-9-17)31-25(30-18-10-6-3-7-11-18)23(16)32-33-26(37)20-14-19(34(35)36)12-13-22(20)28/h2-14,28,37H,1H3,(H2,29,30,31)/b26-20-,28-22?,33-32+. The maximum Gasteiger partial charge on any atom is 0.270 e. The smallest absolute Gasteiger partial charge is 0.270 e. The Morgan fingerprint density at radius 1 is 1.05 bits per heavy atom. The normalized spacial score (nSPS) is 14.2. The van der Waals surface area contributed by atoms with E-state index in [2.05, 4.69) is 44.5 Å². The Balaban J connectivity index is 1.82. The molecule has 3 N–H and O–H groups in total. The molecule has 2 aromatic carbocycles. The highest BCUT2D eigenvalue weighted by molar-refractivity contribution is 7.84. The van der Waals surface area contributed by atoms with Crippen LogP contribution in [0.4, 0.5) is 28.7 Å². The average molecular weight is 509 g/mol. The first kappa shape index (κ1) is 25.0. The van der Waals surface area contributed by atoms with Crippen LogP contribution in [-0.2, 0) is 0 Å². The number of benzene rings is 2. The summed E-state index contributed by atoms with van der Waals surface area (Å²) in [5.41, 5.74) is 2.51. The fourth-order valence-electron chi connectivity index (χ4n) is 3.43. The lowest BCUT2D eigenvalue weighted by atomic mass is 10.1. The maximum atomic E-state index is 11.2. The minimum absolute atomic E-state index is 0.00348. The highest BCUT2D eigenvalue weighted by Crippen LogP contribution is 2.37. The SMILES string of the molecule is Cc1c(C#N)c(Nc2ccccc2)nc(Nc2ccccc2)c1/N=N/C(S)=C1\C=C([N+](=O)[O-])C=CC1=N. The van der Waals surface area contributed by atoms with Crippen molar-refractivity contribution in [2.75, 3.05) is 10.6 Å². The van der Waals surface area contributed by atoms with Gasteiger partial charge in [0.25, 0.3) is 5.70 Å². The van der Waals surface area contributed by atoms with Gasteiger partial charge in [0.1, 0.15) is 16.8 Å². The van der Waals surface area contributed by atoms with Crippen LogP contribution in [0, 0.1) is 33.8 Å². The van der Waals surface area contributed by atoms with Crippen molar-refractivity contribution < 1.29 is 4.92 Å². The molecule has 182 valence electrons. The third-order valence-corrected chi connectivity index (χ3v) is 5.63. The van der Waals surface area contributed by atoms with Gasteiger partial charge in [-0.15, -0.1) is 22.9 Å². The molecule has 10 nitrogen and oxygen atoms in total. The van der Waals surface area contributed by atoms with Gasteiger partial charge in [0.15, 0.2) is 11.6 Å². The second-order valence-corrected chi connectivity index (χ2v) is 8.19. The van der Waals surface area contributed by atoms with Crippen LogP contribution in [0.15, 0.2) is 105 Å². The van der Waals surface area contributed by atoms with Crippen molar-refractivity contribution in [3.05, 3.63) is 116 Å². The van der Waals surface area contributed by atoms with E-state index in [1.807, 2.05) is 60.7 Å². The van der Waals surface area contributed by atoms with Crippen molar-refractivity contribution in [2.45, 2.75) is 6.92 Å². The molecule has 0 saturated heterocycles. The lowest BCUT2D eigenvalue weighted by molar-refractivity contribution is -0.419. The Labute approximate surface area is 217 Å². The number of anilines is 4. The molecule has 0 spiro atoms. The number of nitrogens with one attached hydrogen (secondary N) is 3. The number of nitro groups is 1. The zero-order chi connectivity index (χ0) is 26.4. The molecule has 11 heteroatoms. The zero-order valence-corrected chi connectivity index (χ0v) is 20.4. The lowest BCUT2D eigenvalue weighted by Gasteiger charge is -2.16. The van der Waals surface area contributed by atoms with Crippen LogP contribution < -0.4 is 10.6 Å². The summed E-state index contributed by atoms with van der Waals surface area (Å²) in [4.78, 5) is 15.2. The minimum Gasteiger partial charge on any atom is -0.339 e. The van der Waals surface area contributed by atoms with Gasteiger partial charge in [-0.25, -0.2) is 4.98 Å². The van der Waals surface area contributed by atoms with E-state index in [1.54, 1.807) is 6.92 Å². The molecule has 4 rings (SSSR count). The van der Waals surface area contributed by atoms with Crippen LogP contribution >= 0.6 is 12.6 Å². The van der Waals surface area contributed by atoms with Crippen LogP contribution in [0.3, 0.4) is 0 Å². The van der Waals surface area contributed by atoms with Gasteiger partial charge in [-0.05, 0) is 37.3 Å². The summed E-state index contributed by atoms with van der Waals surface area (Å²) in [6.45, 7) is 1.72. The maximum absolute atomic E-state index is 11.2. The van der Waals surface area contributed by atoms with Crippen molar-refractivity contribution in [2.24, 2.45) is 10.2 Å². The number of rotatable bonds is 7. The van der Waals surface area contributed by atoms with Crippen LogP contribution in [-0.4, -0.2) is 15.6 Å². The second kappa shape index (κ2) is 11.1. The zero-order valence-electron chi connectivity index (χ0n) is 19.5. The van der Waals surface area contributed by atoms with Gasteiger partial charge in [-0.3, -0.25) is 10.1 Å². The van der Waals surface area contributed by atoms with E-state index < -0.39 is 4.92 Å². The number of hydrogen-bond acceptors (Lipinski definition) is 10. The van der Waals surface area contributed by atoms with Crippen molar-refractivity contribution in [1.29, 1.82) is 10.7 Å². The number of nitriles is 1. The molecule has 0 aliphatic heterocycles. The van der Waals surface area contributed by atoms with Gasteiger partial charge in [0.2, 0.25) is 0 Å². The molecule has 1 aliphatic rings. The van der Waals surface area contributed by atoms with Gasteiger partial charge < -0.3 is 16.0 Å². The summed E-state index contributed by atoms with van der Waals surface area (Å²) in [5.74, 6) is 0.668. The lowest BCUT2D eigenvalue weighted by Crippen LogP contribution is -2.07. The predicted molar refractivity (Wildman–Crippen MR) is 146 cm³/mol. The third kappa shape index (κ3) is 5.77. The fourth-order valence-corrected chi connectivity index (χ4v) is 3.66. The summed E-state index contributed by atoms with van der Waals surface area (Å²) < 4.78 is 0. The van der Waals surface area contributed by atoms with Crippen molar-refractivity contribution in [3.8, 4) is 6.07 Å². The number of nitrogens with zero attached hydrogens (tertiary/aromatic N) is 5. The molecule has 1 aromatic heterocycles. The highest BCUT2D eigenvalue weighted by atomic mass is 32.1. The molecule has 1 heterocycles. The van der Waals surface area contributed by atoms with E-state index in [-0.39, 0.29) is 33.3 Å². The summed E-state index contributed by atoms with van der Waals surface area (Å²) in [7, 11) is 0.